The molecule has 0 spiro atoms. The molecule has 1 aliphatic rings. The molecule has 0 amide bonds. The lowest BCUT2D eigenvalue weighted by atomic mass is 9.84. The first-order valence-corrected chi connectivity index (χ1v) is 13.7. The second-order valence-electron chi connectivity index (χ2n) is 11.6. The van der Waals surface area contributed by atoms with E-state index in [9.17, 15) is 4.79 Å². The van der Waals surface area contributed by atoms with Gasteiger partial charge in [-0.05, 0) is 104 Å². The molecule has 1 atom stereocenters. The molecule has 6 heteroatoms. The van der Waals surface area contributed by atoms with Crippen LogP contribution in [0.15, 0.2) is 61.2 Å². The van der Waals surface area contributed by atoms with E-state index in [2.05, 4.69) is 53.3 Å². The summed E-state index contributed by atoms with van der Waals surface area (Å²) in [5, 5.41) is 3.13. The number of hydrogen-bond donors (Lipinski definition) is 0. The number of aryl methyl sites for hydroxylation is 2. The molecule has 6 rings (SSSR count). The van der Waals surface area contributed by atoms with Crippen LogP contribution in [-0.4, -0.2) is 32.9 Å². The molecule has 1 aliphatic heterocycles. The minimum absolute atomic E-state index is 0.0358. The van der Waals surface area contributed by atoms with Crippen molar-refractivity contribution < 1.29 is 14.3 Å². The highest BCUT2D eigenvalue weighted by atomic mass is 16.5. The van der Waals surface area contributed by atoms with Crippen LogP contribution in [0.3, 0.4) is 0 Å². The van der Waals surface area contributed by atoms with Gasteiger partial charge in [0, 0.05) is 41.0 Å². The Balaban J connectivity index is 1.70. The fourth-order valence-corrected chi connectivity index (χ4v) is 5.84. The van der Waals surface area contributed by atoms with Gasteiger partial charge in [-0.1, -0.05) is 18.2 Å². The van der Waals surface area contributed by atoms with Crippen molar-refractivity contribution in [1.29, 1.82) is 0 Å². The standard InChI is InChI=1S/C34H33N3O3/c1-19-15-24-16-23(27-17-35-18-37-20(27)2)7-8-25(24)31(29(19)33(21(3)38)40-34(4,5)6)26-9-10-28-30-22(12-14-39-28)11-13-36-32(26)30/h7-11,13,15-18,33H,12,14H2,1-6H3. The van der Waals surface area contributed by atoms with Crippen LogP contribution in [0, 0.1) is 13.8 Å². The molecule has 40 heavy (non-hydrogen) atoms. The van der Waals surface area contributed by atoms with Crippen LogP contribution in [-0.2, 0) is 16.0 Å². The molecule has 0 aliphatic carbocycles. The van der Waals surface area contributed by atoms with E-state index in [1.54, 1.807) is 13.3 Å². The fourth-order valence-electron chi connectivity index (χ4n) is 5.84. The molecule has 2 aromatic heterocycles. The predicted molar refractivity (Wildman–Crippen MR) is 159 cm³/mol. The number of carbonyl (C=O) groups is 1. The molecule has 0 saturated carbocycles. The van der Waals surface area contributed by atoms with Crippen molar-refractivity contribution in [3.8, 4) is 28.0 Å². The molecule has 0 fully saturated rings. The van der Waals surface area contributed by atoms with E-state index in [1.807, 2.05) is 46.2 Å². The van der Waals surface area contributed by atoms with Gasteiger partial charge in [-0.15, -0.1) is 0 Å². The first-order chi connectivity index (χ1) is 19.1. The predicted octanol–water partition coefficient (Wildman–Crippen LogP) is 7.51. The number of hydrogen-bond acceptors (Lipinski definition) is 6. The highest BCUT2D eigenvalue weighted by Crippen LogP contribution is 2.45. The first kappa shape index (κ1) is 26.1. The summed E-state index contributed by atoms with van der Waals surface area (Å²) in [6.45, 7) is 12.3. The van der Waals surface area contributed by atoms with Gasteiger partial charge in [0.25, 0.3) is 0 Å². The Hall–Kier alpha value is -4.16. The van der Waals surface area contributed by atoms with Crippen LogP contribution in [0.25, 0.3) is 43.9 Å². The summed E-state index contributed by atoms with van der Waals surface area (Å²) in [5.74, 6) is 0.814. The monoisotopic (exact) mass is 531 g/mol. The number of benzene rings is 3. The zero-order chi connectivity index (χ0) is 28.2. The number of ether oxygens (including phenoxy) is 2. The third-order valence-electron chi connectivity index (χ3n) is 7.55. The van der Waals surface area contributed by atoms with Crippen molar-refractivity contribution in [2.75, 3.05) is 6.61 Å². The van der Waals surface area contributed by atoms with Gasteiger partial charge in [0.2, 0.25) is 0 Å². The van der Waals surface area contributed by atoms with Crippen molar-refractivity contribution in [3.05, 3.63) is 83.6 Å². The van der Waals surface area contributed by atoms with E-state index < -0.39 is 11.7 Å². The van der Waals surface area contributed by atoms with Crippen molar-refractivity contribution in [1.82, 2.24) is 15.0 Å². The van der Waals surface area contributed by atoms with Crippen LogP contribution >= 0.6 is 0 Å². The van der Waals surface area contributed by atoms with E-state index in [0.29, 0.717) is 6.61 Å². The maximum absolute atomic E-state index is 13.2. The van der Waals surface area contributed by atoms with Gasteiger partial charge < -0.3 is 9.47 Å². The van der Waals surface area contributed by atoms with Crippen molar-refractivity contribution in [2.24, 2.45) is 0 Å². The van der Waals surface area contributed by atoms with Crippen molar-refractivity contribution in [2.45, 2.75) is 59.7 Å². The molecule has 0 N–H and O–H groups in total. The molecule has 1 unspecified atom stereocenters. The molecule has 3 aromatic carbocycles. The topological polar surface area (TPSA) is 74.2 Å². The Morgan fingerprint density at radius 1 is 1.02 bits per heavy atom. The second-order valence-corrected chi connectivity index (χ2v) is 11.6. The molecule has 0 radical (unpaired) electrons. The van der Waals surface area contributed by atoms with E-state index in [-0.39, 0.29) is 5.78 Å². The molecule has 3 heterocycles. The molecular formula is C34H33N3O3. The number of carbonyl (C=O) groups excluding carboxylic acids is 1. The van der Waals surface area contributed by atoms with Crippen LogP contribution in [0.2, 0.25) is 0 Å². The van der Waals surface area contributed by atoms with Gasteiger partial charge in [-0.25, -0.2) is 9.97 Å². The number of Topliss-reactive ketones (excluding diaryl/α,β-unsaturated/α-hetero) is 1. The van der Waals surface area contributed by atoms with Gasteiger partial charge in [-0.2, -0.15) is 0 Å². The number of aromatic nitrogens is 3. The summed E-state index contributed by atoms with van der Waals surface area (Å²) in [4.78, 5) is 26.7. The minimum atomic E-state index is -0.731. The summed E-state index contributed by atoms with van der Waals surface area (Å²) < 4.78 is 12.5. The Morgan fingerprint density at radius 3 is 2.60 bits per heavy atom. The average molecular weight is 532 g/mol. The highest BCUT2D eigenvalue weighted by molar-refractivity contribution is 6.09. The molecule has 0 bridgehead atoms. The molecule has 202 valence electrons. The van der Waals surface area contributed by atoms with Gasteiger partial charge in [0.05, 0.1) is 17.7 Å². The fraction of sp³-hybridized carbons (Fsp3) is 0.294. The Bertz CT molecular complexity index is 1790. The van der Waals surface area contributed by atoms with E-state index >= 15 is 0 Å². The van der Waals surface area contributed by atoms with Crippen LogP contribution in [0.1, 0.15) is 56.2 Å². The SMILES string of the molecule is CC(=O)C(OC(C)(C)C)c1c(C)cc2cc(-c3cncnc3C)ccc2c1-c1ccc2c3c(ccnc13)CCO2. The van der Waals surface area contributed by atoms with Gasteiger partial charge in [0.15, 0.2) is 5.78 Å². The average Bonchev–Trinajstić information content (AvgIpc) is 2.91. The normalized spacial score (nSPS) is 13.8. The summed E-state index contributed by atoms with van der Waals surface area (Å²) in [6.07, 6.45) is 5.40. The maximum Gasteiger partial charge on any atom is 0.163 e. The number of fused-ring (bicyclic) bond motifs is 1. The molecule has 6 nitrogen and oxygen atoms in total. The summed E-state index contributed by atoms with van der Waals surface area (Å²) >= 11 is 0. The summed E-state index contributed by atoms with van der Waals surface area (Å²) in [6, 6.07) is 14.8. The van der Waals surface area contributed by atoms with Crippen LogP contribution < -0.4 is 4.74 Å². The van der Waals surface area contributed by atoms with Gasteiger partial charge in [0.1, 0.15) is 18.2 Å². The van der Waals surface area contributed by atoms with E-state index in [0.717, 1.165) is 72.9 Å². The lowest BCUT2D eigenvalue weighted by molar-refractivity contribution is -0.138. The summed E-state index contributed by atoms with van der Waals surface area (Å²) in [7, 11) is 0. The lowest BCUT2D eigenvalue weighted by Gasteiger charge is -2.30. The smallest absolute Gasteiger partial charge is 0.163 e. The number of rotatable bonds is 5. The number of pyridine rings is 1. The molecular weight excluding hydrogens is 498 g/mol. The van der Waals surface area contributed by atoms with Crippen LogP contribution in [0.5, 0.6) is 5.75 Å². The zero-order valence-electron chi connectivity index (χ0n) is 23.8. The number of ketones is 1. The quantitative estimate of drug-likeness (QED) is 0.234. The Morgan fingerprint density at radius 2 is 1.85 bits per heavy atom. The largest absolute Gasteiger partial charge is 0.493 e. The Labute approximate surface area is 234 Å². The van der Waals surface area contributed by atoms with E-state index in [1.165, 1.54) is 5.56 Å². The van der Waals surface area contributed by atoms with Gasteiger partial charge in [-0.3, -0.25) is 9.78 Å². The van der Waals surface area contributed by atoms with Crippen molar-refractivity contribution in [3.63, 3.8) is 0 Å². The molecule has 0 saturated heterocycles. The lowest BCUT2D eigenvalue weighted by Crippen LogP contribution is -2.27. The first-order valence-electron chi connectivity index (χ1n) is 13.7. The van der Waals surface area contributed by atoms with Gasteiger partial charge >= 0.3 is 0 Å². The molecule has 5 aromatic rings. The third-order valence-corrected chi connectivity index (χ3v) is 7.55. The maximum atomic E-state index is 13.2. The Kier molecular flexibility index (Phi) is 6.38. The minimum Gasteiger partial charge on any atom is -0.493 e. The van der Waals surface area contributed by atoms with Crippen molar-refractivity contribution >= 4 is 27.5 Å². The van der Waals surface area contributed by atoms with E-state index in [4.69, 9.17) is 14.5 Å². The van der Waals surface area contributed by atoms with Crippen LogP contribution in [0.4, 0.5) is 0 Å². The highest BCUT2D eigenvalue weighted by Gasteiger charge is 2.31. The second kappa shape index (κ2) is 9.79. The third kappa shape index (κ3) is 4.52. The summed E-state index contributed by atoms with van der Waals surface area (Å²) in [5.41, 5.74) is 8.33. The zero-order valence-corrected chi connectivity index (χ0v) is 23.8. The number of nitrogens with zero attached hydrogens (tertiary/aromatic N) is 3.